The summed E-state index contributed by atoms with van der Waals surface area (Å²) in [6.45, 7) is 4.80. The predicted octanol–water partition coefficient (Wildman–Crippen LogP) is 2.55. The number of esters is 1. The van der Waals surface area contributed by atoms with Gasteiger partial charge in [-0.3, -0.25) is 14.4 Å². The second-order valence-electron chi connectivity index (χ2n) is 7.52. The van der Waals surface area contributed by atoms with Gasteiger partial charge in [-0.25, -0.2) is 0 Å². The molecule has 2 atom stereocenters. The first-order valence-electron chi connectivity index (χ1n) is 10.9. The molecule has 2 amide bonds. The summed E-state index contributed by atoms with van der Waals surface area (Å²) in [7, 11) is 0. The van der Waals surface area contributed by atoms with E-state index in [1.165, 1.54) is 0 Å². The van der Waals surface area contributed by atoms with Crippen LogP contribution in [0.5, 0.6) is 0 Å². The zero-order valence-electron chi connectivity index (χ0n) is 17.6. The van der Waals surface area contributed by atoms with E-state index in [0.717, 1.165) is 51.4 Å². The van der Waals surface area contributed by atoms with Crippen LogP contribution >= 0.6 is 0 Å². The highest BCUT2D eigenvalue weighted by atomic mass is 16.5. The smallest absolute Gasteiger partial charge is 0.305 e. The van der Waals surface area contributed by atoms with E-state index in [1.54, 1.807) is 11.8 Å². The average molecular weight is 399 g/mol. The maximum atomic E-state index is 12.3. The number of ether oxygens (including phenoxy) is 1. The first kappa shape index (κ1) is 24.4. The molecule has 7 heteroatoms. The monoisotopic (exact) mass is 398 g/mol. The van der Waals surface area contributed by atoms with E-state index in [4.69, 9.17) is 4.74 Å². The van der Waals surface area contributed by atoms with Gasteiger partial charge in [-0.2, -0.15) is 0 Å². The molecule has 1 aliphatic heterocycles. The molecule has 0 aliphatic carbocycles. The number of rotatable bonds is 15. The van der Waals surface area contributed by atoms with Crippen molar-refractivity contribution in [2.75, 3.05) is 19.7 Å². The van der Waals surface area contributed by atoms with E-state index in [2.05, 4.69) is 12.2 Å². The van der Waals surface area contributed by atoms with Crippen molar-refractivity contribution in [1.82, 2.24) is 10.2 Å². The first-order chi connectivity index (χ1) is 13.5. The van der Waals surface area contributed by atoms with E-state index in [1.807, 2.05) is 0 Å². The Morgan fingerprint density at radius 1 is 1.14 bits per heavy atom. The molecule has 0 bridgehead atoms. The summed E-state index contributed by atoms with van der Waals surface area (Å²) in [5.41, 5.74) is 0. The molecular weight excluding hydrogens is 360 g/mol. The standard InChI is InChI=1S/C21H38N2O5/c1-3-5-8-11-17(24)14-15-23-18(21(27)22-16-19(23)25)12-9-6-7-10-13-20(26)28-4-2/h17-18,24H,3-16H2,1-2H3,(H,22,27). The molecule has 1 aliphatic rings. The Morgan fingerprint density at radius 3 is 2.61 bits per heavy atom. The molecule has 1 rings (SSSR count). The number of carbonyl (C=O) groups excluding carboxylic acids is 3. The van der Waals surface area contributed by atoms with Gasteiger partial charge in [-0.15, -0.1) is 0 Å². The lowest BCUT2D eigenvalue weighted by Crippen LogP contribution is -2.58. The minimum absolute atomic E-state index is 0.0425. The third-order valence-corrected chi connectivity index (χ3v) is 5.17. The maximum Gasteiger partial charge on any atom is 0.305 e. The Morgan fingerprint density at radius 2 is 1.89 bits per heavy atom. The minimum atomic E-state index is -0.450. The van der Waals surface area contributed by atoms with Crippen LogP contribution in [0.4, 0.5) is 0 Å². The highest BCUT2D eigenvalue weighted by molar-refractivity contribution is 5.94. The Bertz CT molecular complexity index is 483. The number of hydrogen-bond acceptors (Lipinski definition) is 5. The predicted molar refractivity (Wildman–Crippen MR) is 108 cm³/mol. The van der Waals surface area contributed by atoms with Crippen LogP contribution in [-0.4, -0.2) is 59.6 Å². The van der Waals surface area contributed by atoms with E-state index in [0.29, 0.717) is 32.4 Å². The van der Waals surface area contributed by atoms with E-state index < -0.39 is 12.1 Å². The number of nitrogens with one attached hydrogen (secondary N) is 1. The number of piperazine rings is 1. The van der Waals surface area contributed by atoms with Gasteiger partial charge in [0.1, 0.15) is 6.04 Å². The van der Waals surface area contributed by atoms with E-state index in [9.17, 15) is 19.5 Å². The fourth-order valence-electron chi connectivity index (χ4n) is 3.52. The van der Waals surface area contributed by atoms with Crippen LogP contribution in [0.3, 0.4) is 0 Å². The lowest BCUT2D eigenvalue weighted by atomic mass is 10.0. The summed E-state index contributed by atoms with van der Waals surface area (Å²) >= 11 is 0. The van der Waals surface area contributed by atoms with Crippen LogP contribution in [-0.2, 0) is 19.1 Å². The Balaban J connectivity index is 2.35. The lowest BCUT2D eigenvalue weighted by molar-refractivity contribution is -0.146. The molecule has 0 aromatic heterocycles. The van der Waals surface area contributed by atoms with E-state index >= 15 is 0 Å². The zero-order chi connectivity index (χ0) is 20.8. The van der Waals surface area contributed by atoms with Gasteiger partial charge in [0.25, 0.3) is 0 Å². The molecule has 1 fully saturated rings. The first-order valence-corrected chi connectivity index (χ1v) is 10.9. The molecular formula is C21H38N2O5. The van der Waals surface area contributed by atoms with Crippen LogP contribution in [0, 0.1) is 0 Å². The largest absolute Gasteiger partial charge is 0.466 e. The highest BCUT2D eigenvalue weighted by Crippen LogP contribution is 2.17. The summed E-state index contributed by atoms with van der Waals surface area (Å²) in [4.78, 5) is 37.5. The van der Waals surface area contributed by atoms with Crippen molar-refractivity contribution in [3.8, 4) is 0 Å². The number of hydrogen-bond donors (Lipinski definition) is 2. The van der Waals surface area contributed by atoms with Crippen molar-refractivity contribution >= 4 is 17.8 Å². The lowest BCUT2D eigenvalue weighted by Gasteiger charge is -2.35. The van der Waals surface area contributed by atoms with Gasteiger partial charge >= 0.3 is 5.97 Å². The van der Waals surface area contributed by atoms with Gasteiger partial charge in [0.05, 0.1) is 19.3 Å². The third-order valence-electron chi connectivity index (χ3n) is 5.17. The molecule has 28 heavy (non-hydrogen) atoms. The fourth-order valence-corrected chi connectivity index (χ4v) is 3.52. The summed E-state index contributed by atoms with van der Waals surface area (Å²) < 4.78 is 4.90. The summed E-state index contributed by atoms with van der Waals surface area (Å²) in [6.07, 6.45) is 8.48. The second kappa shape index (κ2) is 14.4. The van der Waals surface area contributed by atoms with Crippen LogP contribution in [0.2, 0.25) is 0 Å². The molecule has 2 unspecified atom stereocenters. The number of nitrogens with zero attached hydrogens (tertiary/aromatic N) is 1. The van der Waals surface area contributed by atoms with Crippen LogP contribution in [0.15, 0.2) is 0 Å². The van der Waals surface area contributed by atoms with Crippen molar-refractivity contribution in [2.45, 2.75) is 96.6 Å². The van der Waals surface area contributed by atoms with Gasteiger partial charge < -0.3 is 20.1 Å². The zero-order valence-corrected chi connectivity index (χ0v) is 17.6. The molecule has 162 valence electrons. The Kier molecular flexibility index (Phi) is 12.5. The molecule has 1 heterocycles. The van der Waals surface area contributed by atoms with Crippen molar-refractivity contribution in [1.29, 1.82) is 0 Å². The van der Waals surface area contributed by atoms with Crippen LogP contribution in [0.1, 0.15) is 84.5 Å². The summed E-state index contributed by atoms with van der Waals surface area (Å²) in [6, 6.07) is -0.450. The Hall–Kier alpha value is -1.63. The van der Waals surface area contributed by atoms with Gasteiger partial charge in [0.2, 0.25) is 11.8 Å². The van der Waals surface area contributed by atoms with Crippen molar-refractivity contribution in [2.24, 2.45) is 0 Å². The number of unbranched alkanes of at least 4 members (excludes halogenated alkanes) is 5. The number of carbonyl (C=O) groups is 3. The average Bonchev–Trinajstić information content (AvgIpc) is 2.66. The molecule has 2 N–H and O–H groups in total. The normalized spacial score (nSPS) is 18.1. The number of amides is 2. The molecule has 0 aromatic rings. The van der Waals surface area contributed by atoms with Gasteiger partial charge in [-0.05, 0) is 32.6 Å². The van der Waals surface area contributed by atoms with Gasteiger partial charge in [-0.1, -0.05) is 45.4 Å². The van der Waals surface area contributed by atoms with Crippen molar-refractivity contribution in [3.05, 3.63) is 0 Å². The summed E-state index contributed by atoms with van der Waals surface area (Å²) in [5.74, 6) is -0.345. The molecule has 0 aromatic carbocycles. The van der Waals surface area contributed by atoms with E-state index in [-0.39, 0.29) is 24.3 Å². The Labute approximate surface area is 169 Å². The van der Waals surface area contributed by atoms with Gasteiger partial charge in [0.15, 0.2) is 0 Å². The summed E-state index contributed by atoms with van der Waals surface area (Å²) in [5, 5.41) is 12.8. The maximum absolute atomic E-state index is 12.3. The van der Waals surface area contributed by atoms with Crippen molar-refractivity contribution < 1.29 is 24.2 Å². The van der Waals surface area contributed by atoms with Crippen LogP contribution in [0.25, 0.3) is 0 Å². The highest BCUT2D eigenvalue weighted by Gasteiger charge is 2.33. The molecule has 0 saturated carbocycles. The van der Waals surface area contributed by atoms with Crippen molar-refractivity contribution in [3.63, 3.8) is 0 Å². The SMILES string of the molecule is CCCCCC(O)CCN1C(=O)CNC(=O)C1CCCCCCC(=O)OCC. The molecule has 7 nitrogen and oxygen atoms in total. The topological polar surface area (TPSA) is 95.9 Å². The quantitative estimate of drug-likeness (QED) is 0.326. The minimum Gasteiger partial charge on any atom is -0.466 e. The number of aliphatic hydroxyl groups is 1. The molecule has 1 saturated heterocycles. The fraction of sp³-hybridized carbons (Fsp3) is 0.857. The third kappa shape index (κ3) is 9.53. The van der Waals surface area contributed by atoms with Crippen LogP contribution < -0.4 is 5.32 Å². The second-order valence-corrected chi connectivity index (χ2v) is 7.52. The molecule has 0 radical (unpaired) electrons. The number of aliphatic hydroxyl groups excluding tert-OH is 1. The molecule has 0 spiro atoms. The van der Waals surface area contributed by atoms with Gasteiger partial charge in [0, 0.05) is 13.0 Å².